The lowest BCUT2D eigenvalue weighted by atomic mass is 10.2. The molecule has 4 heteroatoms. The van der Waals surface area contributed by atoms with Crippen LogP contribution in [0.2, 0.25) is 0 Å². The van der Waals surface area contributed by atoms with Gasteiger partial charge in [-0.2, -0.15) is 0 Å². The molecule has 0 bridgehead atoms. The number of aromatic nitrogens is 1. The highest BCUT2D eigenvalue weighted by Crippen LogP contribution is 2.15. The lowest BCUT2D eigenvalue weighted by Gasteiger charge is -2.05. The van der Waals surface area contributed by atoms with Crippen LogP contribution in [0.4, 0.5) is 0 Å². The van der Waals surface area contributed by atoms with E-state index in [1.807, 2.05) is 6.92 Å². The summed E-state index contributed by atoms with van der Waals surface area (Å²) in [6, 6.07) is 0. The summed E-state index contributed by atoms with van der Waals surface area (Å²) < 4.78 is 4.84. The highest BCUT2D eigenvalue weighted by atomic mass is 16.5. The van der Waals surface area contributed by atoms with Crippen molar-refractivity contribution in [1.29, 1.82) is 0 Å². The van der Waals surface area contributed by atoms with Gasteiger partial charge in [0.2, 0.25) is 0 Å². The van der Waals surface area contributed by atoms with Gasteiger partial charge in [-0.3, -0.25) is 0 Å². The number of aryl methyl sites for hydroxylation is 1. The highest BCUT2D eigenvalue weighted by Gasteiger charge is 2.13. The number of nitrogens with one attached hydrogen (secondary N) is 1. The van der Waals surface area contributed by atoms with Crippen molar-refractivity contribution in [1.82, 2.24) is 10.5 Å². The molecule has 0 fully saturated rings. The van der Waals surface area contributed by atoms with E-state index in [-0.39, 0.29) is 0 Å². The number of rotatable bonds is 3. The van der Waals surface area contributed by atoms with Crippen molar-refractivity contribution in [2.24, 2.45) is 0 Å². The van der Waals surface area contributed by atoms with Crippen molar-refractivity contribution in [3.8, 4) is 0 Å². The molecule has 4 nitrogen and oxygen atoms in total. The Labute approximate surface area is 65.2 Å². The zero-order valence-corrected chi connectivity index (χ0v) is 6.66. The molecule has 0 spiro atoms. The first kappa shape index (κ1) is 8.23. The van der Waals surface area contributed by atoms with Crippen molar-refractivity contribution in [3.05, 3.63) is 17.5 Å². The first-order valence-corrected chi connectivity index (χ1v) is 3.49. The van der Waals surface area contributed by atoms with Crippen molar-refractivity contribution in [3.63, 3.8) is 0 Å². The van der Waals surface area contributed by atoms with Gasteiger partial charge in [0.25, 0.3) is 0 Å². The van der Waals surface area contributed by atoms with E-state index in [4.69, 9.17) is 4.52 Å². The molecule has 0 saturated carbocycles. The number of likely N-dealkylation sites (N-methyl/N-ethyl adjacent to an activating group) is 1. The third-order valence-electron chi connectivity index (χ3n) is 1.49. The second-order valence-corrected chi connectivity index (χ2v) is 2.45. The van der Waals surface area contributed by atoms with Crippen LogP contribution in [0.15, 0.2) is 10.7 Å². The van der Waals surface area contributed by atoms with E-state index in [2.05, 4.69) is 10.5 Å². The number of hydrogen-bond acceptors (Lipinski definition) is 4. The Morgan fingerprint density at radius 1 is 1.82 bits per heavy atom. The lowest BCUT2D eigenvalue weighted by Crippen LogP contribution is -2.16. The average Bonchev–Trinajstić information content (AvgIpc) is 2.36. The number of hydrogen-bond donors (Lipinski definition) is 2. The van der Waals surface area contributed by atoms with Gasteiger partial charge in [0.1, 0.15) is 6.10 Å². The van der Waals surface area contributed by atoms with E-state index in [0.29, 0.717) is 12.3 Å². The summed E-state index contributed by atoms with van der Waals surface area (Å²) in [5, 5.41) is 15.8. The Balaban J connectivity index is 2.67. The van der Waals surface area contributed by atoms with Crippen molar-refractivity contribution >= 4 is 0 Å². The smallest absolute Gasteiger partial charge is 0.169 e. The van der Waals surface area contributed by atoms with Gasteiger partial charge in [0.15, 0.2) is 5.76 Å². The predicted octanol–water partition coefficient (Wildman–Crippen LogP) is 0.236. The van der Waals surface area contributed by atoms with Gasteiger partial charge >= 0.3 is 0 Å². The summed E-state index contributed by atoms with van der Waals surface area (Å²) >= 11 is 0. The van der Waals surface area contributed by atoms with Gasteiger partial charge in [-0.05, 0) is 14.0 Å². The summed E-state index contributed by atoms with van der Waals surface area (Å²) in [7, 11) is 1.77. The maximum atomic E-state index is 9.39. The van der Waals surface area contributed by atoms with E-state index in [9.17, 15) is 5.11 Å². The van der Waals surface area contributed by atoms with E-state index < -0.39 is 6.10 Å². The van der Waals surface area contributed by atoms with E-state index in [1.54, 1.807) is 13.2 Å². The molecular weight excluding hydrogens is 144 g/mol. The second-order valence-electron chi connectivity index (χ2n) is 2.45. The van der Waals surface area contributed by atoms with Crippen LogP contribution in [0.25, 0.3) is 0 Å². The summed E-state index contributed by atoms with van der Waals surface area (Å²) in [5.74, 6) is 0.541. The van der Waals surface area contributed by atoms with Crippen LogP contribution in [-0.2, 0) is 0 Å². The Morgan fingerprint density at radius 3 is 3.00 bits per heavy atom. The maximum Gasteiger partial charge on any atom is 0.169 e. The first-order valence-electron chi connectivity index (χ1n) is 3.49. The molecule has 1 rings (SSSR count). The van der Waals surface area contributed by atoms with Crippen molar-refractivity contribution < 1.29 is 9.63 Å². The van der Waals surface area contributed by atoms with Gasteiger partial charge in [-0.15, -0.1) is 0 Å². The summed E-state index contributed by atoms with van der Waals surface area (Å²) in [6.45, 7) is 2.33. The summed E-state index contributed by atoms with van der Waals surface area (Å²) in [6.07, 6.45) is 0.997. The average molecular weight is 156 g/mol. The fraction of sp³-hybridized carbons (Fsp3) is 0.571. The standard InChI is InChI=1S/C7H12N2O2/c1-5-3-9-11-7(5)6(10)4-8-2/h3,6,8,10H,4H2,1-2H3. The van der Waals surface area contributed by atoms with Gasteiger partial charge < -0.3 is 14.9 Å². The van der Waals surface area contributed by atoms with Crippen LogP contribution in [0.5, 0.6) is 0 Å². The van der Waals surface area contributed by atoms with Gasteiger partial charge in [0, 0.05) is 12.1 Å². The minimum atomic E-state index is -0.595. The number of nitrogens with zero attached hydrogens (tertiary/aromatic N) is 1. The number of aliphatic hydroxyl groups is 1. The Hall–Kier alpha value is -0.870. The minimum Gasteiger partial charge on any atom is -0.384 e. The van der Waals surface area contributed by atoms with E-state index in [0.717, 1.165) is 5.56 Å². The molecule has 62 valence electrons. The zero-order chi connectivity index (χ0) is 8.27. The number of aliphatic hydroxyl groups excluding tert-OH is 1. The fourth-order valence-corrected chi connectivity index (χ4v) is 0.907. The zero-order valence-electron chi connectivity index (χ0n) is 6.66. The summed E-state index contributed by atoms with van der Waals surface area (Å²) in [4.78, 5) is 0. The monoisotopic (exact) mass is 156 g/mol. The molecule has 0 aromatic carbocycles. The third kappa shape index (κ3) is 1.78. The topological polar surface area (TPSA) is 58.3 Å². The molecule has 0 amide bonds. The first-order chi connectivity index (χ1) is 5.25. The van der Waals surface area contributed by atoms with Crippen LogP contribution >= 0.6 is 0 Å². The van der Waals surface area contributed by atoms with Crippen molar-refractivity contribution in [2.45, 2.75) is 13.0 Å². The molecule has 11 heavy (non-hydrogen) atoms. The molecule has 0 aliphatic rings. The minimum absolute atomic E-state index is 0.482. The van der Waals surface area contributed by atoms with Crippen LogP contribution < -0.4 is 5.32 Å². The van der Waals surface area contributed by atoms with Gasteiger partial charge in [0.05, 0.1) is 6.20 Å². The molecule has 2 N–H and O–H groups in total. The van der Waals surface area contributed by atoms with Crippen LogP contribution in [0.1, 0.15) is 17.4 Å². The van der Waals surface area contributed by atoms with Crippen LogP contribution in [0, 0.1) is 6.92 Å². The fourth-order valence-electron chi connectivity index (χ4n) is 0.907. The Bertz CT molecular complexity index is 222. The molecular formula is C7H12N2O2. The molecule has 0 saturated heterocycles. The Morgan fingerprint density at radius 2 is 2.55 bits per heavy atom. The molecule has 0 radical (unpaired) electrons. The quantitative estimate of drug-likeness (QED) is 0.658. The maximum absolute atomic E-state index is 9.39. The van der Waals surface area contributed by atoms with E-state index >= 15 is 0 Å². The molecule has 1 aromatic rings. The summed E-state index contributed by atoms with van der Waals surface area (Å²) in [5.41, 5.74) is 0.882. The lowest BCUT2D eigenvalue weighted by molar-refractivity contribution is 0.139. The molecule has 1 aromatic heterocycles. The molecule has 0 aliphatic carbocycles. The van der Waals surface area contributed by atoms with Crippen molar-refractivity contribution in [2.75, 3.05) is 13.6 Å². The predicted molar refractivity (Wildman–Crippen MR) is 40.1 cm³/mol. The SMILES string of the molecule is CNCC(O)c1oncc1C. The second kappa shape index (κ2) is 3.50. The third-order valence-corrected chi connectivity index (χ3v) is 1.49. The molecule has 1 atom stereocenters. The Kier molecular flexibility index (Phi) is 2.62. The van der Waals surface area contributed by atoms with Crippen LogP contribution in [-0.4, -0.2) is 23.9 Å². The van der Waals surface area contributed by atoms with Crippen LogP contribution in [0.3, 0.4) is 0 Å². The van der Waals surface area contributed by atoms with Gasteiger partial charge in [-0.25, -0.2) is 0 Å². The highest BCUT2D eigenvalue weighted by molar-refractivity contribution is 5.13. The van der Waals surface area contributed by atoms with E-state index in [1.165, 1.54) is 0 Å². The molecule has 1 heterocycles. The largest absolute Gasteiger partial charge is 0.384 e. The molecule has 1 unspecified atom stereocenters. The van der Waals surface area contributed by atoms with Gasteiger partial charge in [-0.1, -0.05) is 5.16 Å². The molecule has 0 aliphatic heterocycles. The normalized spacial score (nSPS) is 13.4.